The van der Waals surface area contributed by atoms with Crippen molar-refractivity contribution in [1.82, 2.24) is 24.7 Å². The number of aromatic nitrogens is 2. The number of nitrogens with zero attached hydrogens (tertiary/aromatic N) is 4. The van der Waals surface area contributed by atoms with Crippen molar-refractivity contribution >= 4 is 17.8 Å². The molecule has 0 radical (unpaired) electrons. The van der Waals surface area contributed by atoms with E-state index in [1.165, 1.54) is 11.9 Å². The first kappa shape index (κ1) is 18.8. The largest absolute Gasteiger partial charge is 0.351 e. The van der Waals surface area contributed by atoms with Gasteiger partial charge in [-0.1, -0.05) is 6.42 Å². The molecule has 4 amide bonds. The van der Waals surface area contributed by atoms with Crippen molar-refractivity contribution < 1.29 is 14.4 Å². The summed E-state index contributed by atoms with van der Waals surface area (Å²) >= 11 is 0. The molecule has 0 unspecified atom stereocenters. The zero-order chi connectivity index (χ0) is 19.9. The number of hydrogen-bond acceptors (Lipinski definition) is 4. The summed E-state index contributed by atoms with van der Waals surface area (Å²) in [7, 11) is 1.52. The van der Waals surface area contributed by atoms with Gasteiger partial charge in [-0.15, -0.1) is 0 Å². The summed E-state index contributed by atoms with van der Waals surface area (Å²) in [6, 6.07) is -0.618. The summed E-state index contributed by atoms with van der Waals surface area (Å²) in [5.74, 6) is 0.264. The van der Waals surface area contributed by atoms with Crippen LogP contribution in [0.4, 0.5) is 4.79 Å². The van der Waals surface area contributed by atoms with Gasteiger partial charge in [-0.25, -0.2) is 9.78 Å². The molecule has 2 aliphatic heterocycles. The Labute approximate surface area is 164 Å². The number of likely N-dealkylation sites (tertiary alicyclic amines) is 1. The predicted molar refractivity (Wildman–Crippen MR) is 101 cm³/mol. The maximum atomic E-state index is 13.2. The molecular weight excluding hydrogens is 360 g/mol. The molecule has 9 nitrogen and oxygen atoms in total. The number of aromatic amines is 1. The highest BCUT2D eigenvalue weighted by Gasteiger charge is 2.50. The van der Waals surface area contributed by atoms with Gasteiger partial charge in [0.15, 0.2) is 0 Å². The number of hydrogen-bond donors (Lipinski definition) is 2. The second-order valence-corrected chi connectivity index (χ2v) is 8.20. The zero-order valence-electron chi connectivity index (χ0n) is 16.3. The number of imidazole rings is 1. The van der Waals surface area contributed by atoms with Gasteiger partial charge in [0.2, 0.25) is 11.8 Å². The van der Waals surface area contributed by atoms with E-state index in [0.29, 0.717) is 32.5 Å². The third-order valence-electron chi connectivity index (χ3n) is 6.67. The van der Waals surface area contributed by atoms with E-state index in [1.807, 2.05) is 0 Å². The number of piperidine rings is 1. The molecule has 152 valence electrons. The zero-order valence-corrected chi connectivity index (χ0v) is 16.3. The third kappa shape index (κ3) is 3.02. The molecule has 1 saturated carbocycles. The number of H-pyrrole nitrogens is 1. The van der Waals surface area contributed by atoms with Crippen LogP contribution in [-0.2, 0) is 21.5 Å². The van der Waals surface area contributed by atoms with Crippen molar-refractivity contribution in [2.45, 2.75) is 44.1 Å². The molecule has 1 spiro atoms. The monoisotopic (exact) mass is 388 g/mol. The average Bonchev–Trinajstić information content (AvgIpc) is 3.11. The molecule has 28 heavy (non-hydrogen) atoms. The normalized spacial score (nSPS) is 21.2. The Morgan fingerprint density at radius 1 is 1.29 bits per heavy atom. The van der Waals surface area contributed by atoms with Crippen LogP contribution in [0.15, 0.2) is 6.33 Å². The topological polar surface area (TPSA) is 116 Å². The van der Waals surface area contributed by atoms with E-state index in [2.05, 4.69) is 14.9 Å². The van der Waals surface area contributed by atoms with Gasteiger partial charge >= 0.3 is 6.03 Å². The number of likely N-dealkylation sites (N-methyl/N-ethyl adjacent to an activating group) is 1. The van der Waals surface area contributed by atoms with Crippen molar-refractivity contribution in [1.29, 1.82) is 0 Å². The Morgan fingerprint density at radius 2 is 2.00 bits per heavy atom. The second kappa shape index (κ2) is 7.10. The SMILES string of the molecule is CN(CC(=O)N1CCC2(CC1)c1nc[nH]c1CCN2C(=O)C1CCC1)C(N)=O. The molecule has 0 aromatic carbocycles. The van der Waals surface area contributed by atoms with Gasteiger partial charge in [0.25, 0.3) is 0 Å². The molecule has 3 heterocycles. The molecule has 0 bridgehead atoms. The molecule has 0 atom stereocenters. The number of fused-ring (bicyclic) bond motifs is 2. The maximum absolute atomic E-state index is 13.2. The van der Waals surface area contributed by atoms with Crippen LogP contribution in [0.25, 0.3) is 0 Å². The van der Waals surface area contributed by atoms with Gasteiger partial charge in [-0.3, -0.25) is 9.59 Å². The van der Waals surface area contributed by atoms with E-state index in [1.54, 1.807) is 11.2 Å². The smallest absolute Gasteiger partial charge is 0.314 e. The molecule has 1 aromatic rings. The number of primary amides is 1. The van der Waals surface area contributed by atoms with Crippen molar-refractivity contribution in [3.8, 4) is 0 Å². The van der Waals surface area contributed by atoms with Gasteiger partial charge in [0, 0.05) is 44.7 Å². The fourth-order valence-electron chi connectivity index (χ4n) is 4.69. The van der Waals surface area contributed by atoms with E-state index in [4.69, 9.17) is 5.73 Å². The highest BCUT2D eigenvalue weighted by Crippen LogP contribution is 2.44. The van der Waals surface area contributed by atoms with E-state index >= 15 is 0 Å². The Kier molecular flexibility index (Phi) is 4.76. The predicted octanol–water partition coefficient (Wildman–Crippen LogP) is 0.423. The standard InChI is InChI=1S/C19H28N6O3/c1-23(18(20)28)11-15(26)24-9-6-19(7-10-24)16-14(21-12-22-16)5-8-25(19)17(27)13-3-2-4-13/h12-13H,2-11H2,1H3,(H2,20,28)(H,21,22). The van der Waals surface area contributed by atoms with E-state index in [9.17, 15) is 14.4 Å². The van der Waals surface area contributed by atoms with Gasteiger partial charge in [-0.05, 0) is 25.7 Å². The number of carbonyl (C=O) groups excluding carboxylic acids is 3. The molecule has 2 fully saturated rings. The third-order valence-corrected chi connectivity index (χ3v) is 6.67. The summed E-state index contributed by atoms with van der Waals surface area (Å²) in [5, 5.41) is 0. The summed E-state index contributed by atoms with van der Waals surface area (Å²) in [4.78, 5) is 49.8. The van der Waals surface area contributed by atoms with Crippen LogP contribution in [0, 0.1) is 5.92 Å². The minimum absolute atomic E-state index is 0.0271. The number of carbonyl (C=O) groups is 3. The molecule has 1 aromatic heterocycles. The van der Waals surface area contributed by atoms with Gasteiger partial charge in [0.1, 0.15) is 6.54 Å². The molecule has 3 N–H and O–H groups in total. The summed E-state index contributed by atoms with van der Waals surface area (Å²) in [6.07, 6.45) is 6.90. The van der Waals surface area contributed by atoms with Crippen molar-refractivity contribution in [3.63, 3.8) is 0 Å². The molecular formula is C19H28N6O3. The first-order valence-electron chi connectivity index (χ1n) is 10.0. The molecule has 1 saturated heterocycles. The van der Waals surface area contributed by atoms with Crippen LogP contribution in [0.1, 0.15) is 43.5 Å². The Morgan fingerprint density at radius 3 is 2.61 bits per heavy atom. The van der Waals surface area contributed by atoms with Crippen LogP contribution < -0.4 is 5.73 Å². The molecule has 4 rings (SSSR count). The Balaban J connectivity index is 1.53. The second-order valence-electron chi connectivity index (χ2n) is 8.20. The van der Waals surface area contributed by atoms with Crippen LogP contribution >= 0.6 is 0 Å². The summed E-state index contributed by atoms with van der Waals surface area (Å²) < 4.78 is 0. The Bertz CT molecular complexity index is 778. The van der Waals surface area contributed by atoms with Gasteiger partial charge < -0.3 is 25.4 Å². The van der Waals surface area contributed by atoms with Crippen LogP contribution in [0.2, 0.25) is 0 Å². The fourth-order valence-corrected chi connectivity index (χ4v) is 4.69. The fraction of sp³-hybridized carbons (Fsp3) is 0.684. The van der Waals surface area contributed by atoms with Gasteiger partial charge in [0.05, 0.1) is 17.6 Å². The van der Waals surface area contributed by atoms with E-state index < -0.39 is 11.6 Å². The molecule has 1 aliphatic carbocycles. The van der Waals surface area contributed by atoms with E-state index in [0.717, 1.165) is 37.1 Å². The Hall–Kier alpha value is -2.58. The summed E-state index contributed by atoms with van der Waals surface area (Å²) in [6.45, 7) is 1.74. The van der Waals surface area contributed by atoms with Crippen molar-refractivity contribution in [2.75, 3.05) is 33.2 Å². The van der Waals surface area contributed by atoms with Gasteiger partial charge in [-0.2, -0.15) is 0 Å². The minimum Gasteiger partial charge on any atom is -0.351 e. The average molecular weight is 388 g/mol. The van der Waals surface area contributed by atoms with Crippen LogP contribution in [-0.4, -0.2) is 75.7 Å². The number of nitrogens with one attached hydrogen (secondary N) is 1. The molecule has 3 aliphatic rings. The number of urea groups is 1. The first-order valence-corrected chi connectivity index (χ1v) is 10.0. The van der Waals surface area contributed by atoms with Crippen LogP contribution in [0.3, 0.4) is 0 Å². The number of rotatable bonds is 3. The summed E-state index contributed by atoms with van der Waals surface area (Å²) in [5.41, 5.74) is 6.86. The number of amides is 4. The quantitative estimate of drug-likeness (QED) is 0.781. The van der Waals surface area contributed by atoms with Crippen molar-refractivity contribution in [3.05, 3.63) is 17.7 Å². The van der Waals surface area contributed by atoms with E-state index in [-0.39, 0.29) is 24.3 Å². The van der Waals surface area contributed by atoms with Crippen LogP contribution in [0.5, 0.6) is 0 Å². The van der Waals surface area contributed by atoms with Crippen molar-refractivity contribution in [2.24, 2.45) is 11.7 Å². The first-order chi connectivity index (χ1) is 13.4. The lowest BCUT2D eigenvalue weighted by Gasteiger charge is -2.52. The highest BCUT2D eigenvalue weighted by atomic mass is 16.2. The highest BCUT2D eigenvalue weighted by molar-refractivity contribution is 5.84. The minimum atomic E-state index is -0.618. The number of nitrogens with two attached hydrogens (primary N) is 1. The lowest BCUT2D eigenvalue weighted by atomic mass is 9.76. The lowest BCUT2D eigenvalue weighted by molar-refractivity contribution is -0.150. The molecule has 9 heteroatoms. The maximum Gasteiger partial charge on any atom is 0.314 e. The lowest BCUT2D eigenvalue weighted by Crippen LogP contribution is -2.60.